The summed E-state index contributed by atoms with van der Waals surface area (Å²) in [4.78, 5) is 3.98. The highest BCUT2D eigenvalue weighted by Crippen LogP contribution is 2.03. The van der Waals surface area contributed by atoms with Crippen LogP contribution in [-0.2, 0) is 10.3 Å². The molecular formula is C12H31N3O7S. The molecule has 0 radical (unpaired) electrons. The van der Waals surface area contributed by atoms with Crippen molar-refractivity contribution in [2.24, 2.45) is 5.14 Å². The Labute approximate surface area is 138 Å². The van der Waals surface area contributed by atoms with Crippen LogP contribution in [-0.4, -0.2) is 108 Å². The zero-order valence-electron chi connectivity index (χ0n) is 13.7. The third-order valence-electron chi connectivity index (χ3n) is 2.86. The summed E-state index contributed by atoms with van der Waals surface area (Å²) in [7, 11) is -4.17. The van der Waals surface area contributed by atoms with Crippen LogP contribution in [0.25, 0.3) is 0 Å². The molecule has 2 atom stereocenters. The van der Waals surface area contributed by atoms with Gasteiger partial charge in [-0.15, -0.1) is 0 Å². The molecule has 0 fully saturated rings. The van der Waals surface area contributed by atoms with Crippen LogP contribution in [0.2, 0.25) is 0 Å². The fraction of sp³-hybridized carbons (Fsp3) is 1.00. The molecule has 7 N–H and O–H groups in total. The maximum atomic E-state index is 9.42. The summed E-state index contributed by atoms with van der Waals surface area (Å²) in [5.74, 6) is 0. The summed E-state index contributed by atoms with van der Waals surface area (Å²) in [6, 6.07) is 0.143. The molecule has 0 aromatic rings. The predicted octanol–water partition coefficient (Wildman–Crippen LogP) is -2.92. The number of rotatable bonds is 11. The van der Waals surface area contributed by atoms with E-state index in [-0.39, 0.29) is 25.9 Å². The van der Waals surface area contributed by atoms with Crippen LogP contribution in [0, 0.1) is 0 Å². The van der Waals surface area contributed by atoms with Crippen LogP contribution in [0.1, 0.15) is 13.8 Å². The van der Waals surface area contributed by atoms with Gasteiger partial charge in [0.25, 0.3) is 0 Å². The van der Waals surface area contributed by atoms with E-state index in [0.29, 0.717) is 32.7 Å². The second-order valence-corrected chi connectivity index (χ2v) is 6.21. The Hall–Kier alpha value is -0.370. The molecule has 23 heavy (non-hydrogen) atoms. The molecule has 0 aliphatic heterocycles. The minimum absolute atomic E-state index is 0.0526. The van der Waals surface area contributed by atoms with E-state index in [1.165, 1.54) is 0 Å². The second-order valence-electron chi connectivity index (χ2n) is 5.18. The molecule has 0 aliphatic rings. The lowest BCUT2D eigenvalue weighted by molar-refractivity contribution is 0.0637. The van der Waals surface area contributed by atoms with Gasteiger partial charge in [0.2, 0.25) is 0 Å². The van der Waals surface area contributed by atoms with Crippen LogP contribution in [0.15, 0.2) is 0 Å². The largest absolute Gasteiger partial charge is 0.395 e. The highest BCUT2D eigenvalue weighted by molar-refractivity contribution is 7.83. The Balaban J connectivity index is 0. The first kappa shape index (κ1) is 24.9. The molecule has 0 amide bonds. The van der Waals surface area contributed by atoms with Crippen molar-refractivity contribution in [1.29, 1.82) is 0 Å². The lowest BCUT2D eigenvalue weighted by Gasteiger charge is -2.33. The molecule has 0 rings (SSSR count). The number of aliphatic hydroxyl groups excluding tert-OH is 4. The van der Waals surface area contributed by atoms with Crippen molar-refractivity contribution < 1.29 is 33.4 Å². The first-order valence-electron chi connectivity index (χ1n) is 7.27. The van der Waals surface area contributed by atoms with Crippen molar-refractivity contribution in [3.8, 4) is 0 Å². The van der Waals surface area contributed by atoms with E-state index in [4.69, 9.17) is 28.3 Å². The number of nitrogens with two attached hydrogens (primary N) is 1. The monoisotopic (exact) mass is 361 g/mol. The normalized spacial score (nSPS) is 14.5. The van der Waals surface area contributed by atoms with Gasteiger partial charge >= 0.3 is 10.3 Å². The van der Waals surface area contributed by atoms with Gasteiger partial charge < -0.3 is 20.4 Å². The molecule has 0 aliphatic carbocycles. The molecule has 142 valence electrons. The molecule has 2 unspecified atom stereocenters. The van der Waals surface area contributed by atoms with Gasteiger partial charge in [0.1, 0.15) is 0 Å². The predicted molar refractivity (Wildman–Crippen MR) is 86.1 cm³/mol. The van der Waals surface area contributed by atoms with E-state index >= 15 is 0 Å². The summed E-state index contributed by atoms with van der Waals surface area (Å²) in [6.07, 6.45) is -0.442. The molecule has 0 bridgehead atoms. The Kier molecular flexibility index (Phi) is 15.2. The summed E-state index contributed by atoms with van der Waals surface area (Å²) in [5, 5.41) is 40.2. The number of hydrogen-bond donors (Lipinski definition) is 6. The SMILES string of the molecule is CC(O)CN(CCO)C(C)CN(CCO)CCO.NS(=O)(=O)O. The Morgan fingerprint density at radius 2 is 1.35 bits per heavy atom. The number of nitrogens with zero attached hydrogens (tertiary/aromatic N) is 2. The van der Waals surface area contributed by atoms with Gasteiger partial charge in [-0.1, -0.05) is 0 Å². The number of aliphatic hydroxyl groups is 4. The first-order chi connectivity index (χ1) is 10.5. The molecule has 11 heteroatoms. The third kappa shape index (κ3) is 19.6. The van der Waals surface area contributed by atoms with Gasteiger partial charge in [0.05, 0.1) is 25.9 Å². The van der Waals surface area contributed by atoms with Gasteiger partial charge in [-0.3, -0.25) is 14.4 Å². The lowest BCUT2D eigenvalue weighted by Crippen LogP contribution is -2.47. The van der Waals surface area contributed by atoms with Crippen LogP contribution in [0.5, 0.6) is 0 Å². The smallest absolute Gasteiger partial charge is 0.330 e. The lowest BCUT2D eigenvalue weighted by atomic mass is 10.2. The molecule has 0 spiro atoms. The van der Waals surface area contributed by atoms with E-state index in [9.17, 15) is 5.11 Å². The van der Waals surface area contributed by atoms with E-state index in [0.717, 1.165) is 0 Å². The van der Waals surface area contributed by atoms with Crippen LogP contribution in [0.4, 0.5) is 0 Å². The summed E-state index contributed by atoms with van der Waals surface area (Å²) in [6.45, 7) is 6.65. The van der Waals surface area contributed by atoms with Gasteiger partial charge in [-0.25, -0.2) is 5.14 Å². The van der Waals surface area contributed by atoms with E-state index < -0.39 is 16.4 Å². The summed E-state index contributed by atoms with van der Waals surface area (Å²) >= 11 is 0. The van der Waals surface area contributed by atoms with Gasteiger partial charge in [-0.2, -0.15) is 8.42 Å². The molecule has 0 saturated heterocycles. The van der Waals surface area contributed by atoms with Crippen LogP contribution >= 0.6 is 0 Å². The molecule has 0 saturated carbocycles. The maximum absolute atomic E-state index is 9.42. The zero-order valence-corrected chi connectivity index (χ0v) is 14.6. The van der Waals surface area contributed by atoms with Crippen LogP contribution < -0.4 is 5.14 Å². The highest BCUT2D eigenvalue weighted by atomic mass is 32.2. The minimum Gasteiger partial charge on any atom is -0.395 e. The average molecular weight is 361 g/mol. The molecule has 0 heterocycles. The quantitative estimate of drug-likeness (QED) is 0.211. The summed E-state index contributed by atoms with van der Waals surface area (Å²) < 4.78 is 25.2. The molecule has 0 aromatic heterocycles. The molecule has 0 aromatic carbocycles. The summed E-state index contributed by atoms with van der Waals surface area (Å²) in [5.41, 5.74) is 0. The standard InChI is InChI=1S/C12H28N2O4.H3NO3S/c1-11(9-13(3-6-15)4-7-16)14(5-8-17)10-12(2)18;1-5(2,3)4/h11-12,15-18H,3-10H2,1-2H3;(H3,1,2,3,4). The Bertz CT molecular complexity index is 354. The molecule has 10 nitrogen and oxygen atoms in total. The fourth-order valence-electron chi connectivity index (χ4n) is 2.03. The maximum Gasteiger partial charge on any atom is 0.330 e. The van der Waals surface area contributed by atoms with Crippen molar-refractivity contribution in [2.45, 2.75) is 26.0 Å². The molecular weight excluding hydrogens is 330 g/mol. The van der Waals surface area contributed by atoms with Gasteiger partial charge in [-0.05, 0) is 13.8 Å². The van der Waals surface area contributed by atoms with E-state index in [2.05, 4.69) is 5.14 Å². The Morgan fingerprint density at radius 3 is 1.65 bits per heavy atom. The van der Waals surface area contributed by atoms with Crippen molar-refractivity contribution in [1.82, 2.24) is 9.80 Å². The first-order valence-corrected chi connectivity index (χ1v) is 8.77. The van der Waals surface area contributed by atoms with E-state index in [1.54, 1.807) is 6.92 Å². The fourth-order valence-corrected chi connectivity index (χ4v) is 2.03. The zero-order chi connectivity index (χ0) is 18.5. The van der Waals surface area contributed by atoms with Gasteiger partial charge in [0.15, 0.2) is 0 Å². The van der Waals surface area contributed by atoms with Crippen LogP contribution in [0.3, 0.4) is 0 Å². The highest BCUT2D eigenvalue weighted by Gasteiger charge is 2.18. The topological polar surface area (TPSA) is 168 Å². The van der Waals surface area contributed by atoms with Crippen molar-refractivity contribution in [2.75, 3.05) is 52.5 Å². The Morgan fingerprint density at radius 1 is 0.957 bits per heavy atom. The van der Waals surface area contributed by atoms with Gasteiger partial charge in [0, 0.05) is 38.8 Å². The third-order valence-corrected chi connectivity index (χ3v) is 2.86. The van der Waals surface area contributed by atoms with Crippen molar-refractivity contribution in [3.63, 3.8) is 0 Å². The minimum atomic E-state index is -4.17. The number of hydrogen-bond acceptors (Lipinski definition) is 8. The average Bonchev–Trinajstić information content (AvgIpc) is 2.36. The van der Waals surface area contributed by atoms with Crippen molar-refractivity contribution >= 4 is 10.3 Å². The second kappa shape index (κ2) is 14.0. The van der Waals surface area contributed by atoms with E-state index in [1.807, 2.05) is 16.7 Å². The van der Waals surface area contributed by atoms with Crippen molar-refractivity contribution in [3.05, 3.63) is 0 Å².